The smallest absolute Gasteiger partial charge is 0.312 e. The second-order valence-electron chi connectivity index (χ2n) is 4.39. The van der Waals surface area contributed by atoms with Crippen LogP contribution >= 0.6 is 23.2 Å². The largest absolute Gasteiger partial charge is 0.389 e. The maximum atomic E-state index is 12.3. The number of halogens is 5. The van der Waals surface area contributed by atoms with Crippen molar-refractivity contribution in [3.05, 3.63) is 28.2 Å². The van der Waals surface area contributed by atoms with Gasteiger partial charge in [-0.2, -0.15) is 13.2 Å². The Hall–Kier alpha value is -0.940. The summed E-state index contributed by atoms with van der Waals surface area (Å²) in [6, 6.07) is 4.57. The number of carbonyl (C=O) groups excluding carboxylic acids is 1. The Balaban J connectivity index is 2.15. The molecule has 1 atom stereocenters. The molecule has 0 aromatic heterocycles. The predicted molar refractivity (Wildman–Crippen MR) is 67.6 cm³/mol. The number of nitrogens with zero attached hydrogens (tertiary/aromatic N) is 1. The van der Waals surface area contributed by atoms with Crippen molar-refractivity contribution in [1.29, 1.82) is 0 Å². The second-order valence-corrected chi connectivity index (χ2v) is 5.21. The van der Waals surface area contributed by atoms with Crippen LogP contribution in [0, 0.1) is 5.92 Å². The maximum absolute atomic E-state index is 12.3. The van der Waals surface area contributed by atoms with Crippen LogP contribution in [0.2, 0.25) is 10.0 Å². The van der Waals surface area contributed by atoms with E-state index in [1.807, 2.05) is 0 Å². The van der Waals surface area contributed by atoms with Crippen molar-refractivity contribution in [3.63, 3.8) is 0 Å². The molecule has 1 heterocycles. The summed E-state index contributed by atoms with van der Waals surface area (Å²) >= 11 is 11.6. The van der Waals surface area contributed by atoms with Gasteiger partial charge in [0.05, 0.1) is 16.5 Å². The number of hydrogen-bond acceptors (Lipinski definition) is 1. The van der Waals surface area contributed by atoms with E-state index >= 15 is 0 Å². The average Bonchev–Trinajstić information content (AvgIpc) is 2.63. The number of rotatable bonds is 2. The lowest BCUT2D eigenvalue weighted by molar-refractivity contribution is -0.151. The van der Waals surface area contributed by atoms with Gasteiger partial charge in [0.1, 0.15) is 0 Å². The molecule has 1 aliphatic rings. The second kappa shape index (κ2) is 5.21. The fourth-order valence-corrected chi connectivity index (χ4v) is 2.41. The van der Waals surface area contributed by atoms with Crippen LogP contribution in [-0.4, -0.2) is 18.6 Å². The molecular formula is C12H10Cl2F3NO. The van der Waals surface area contributed by atoms with Crippen molar-refractivity contribution < 1.29 is 18.0 Å². The highest BCUT2D eigenvalue weighted by atomic mass is 35.5. The van der Waals surface area contributed by atoms with Crippen molar-refractivity contribution in [2.24, 2.45) is 5.92 Å². The van der Waals surface area contributed by atoms with Gasteiger partial charge in [0.2, 0.25) is 5.91 Å². The topological polar surface area (TPSA) is 20.3 Å². The van der Waals surface area contributed by atoms with E-state index in [1.165, 1.54) is 17.0 Å². The van der Waals surface area contributed by atoms with Crippen LogP contribution in [0.5, 0.6) is 0 Å². The van der Waals surface area contributed by atoms with E-state index in [9.17, 15) is 18.0 Å². The molecule has 0 spiro atoms. The maximum Gasteiger partial charge on any atom is 0.389 e. The lowest BCUT2D eigenvalue weighted by Crippen LogP contribution is -2.29. The summed E-state index contributed by atoms with van der Waals surface area (Å²) in [4.78, 5) is 13.2. The number of anilines is 1. The molecule has 2 nitrogen and oxygen atoms in total. The summed E-state index contributed by atoms with van der Waals surface area (Å²) in [5.41, 5.74) is 0.476. The zero-order valence-corrected chi connectivity index (χ0v) is 11.2. The van der Waals surface area contributed by atoms with Crippen molar-refractivity contribution >= 4 is 34.8 Å². The lowest BCUT2D eigenvalue weighted by Gasteiger charge is -2.18. The lowest BCUT2D eigenvalue weighted by atomic mass is 10.0. The molecule has 0 unspecified atom stereocenters. The third-order valence-electron chi connectivity index (χ3n) is 3.01. The fraction of sp³-hybridized carbons (Fsp3) is 0.417. The van der Waals surface area contributed by atoms with E-state index in [0.717, 1.165) is 0 Å². The Morgan fingerprint density at radius 1 is 1.26 bits per heavy atom. The molecule has 0 bridgehead atoms. The van der Waals surface area contributed by atoms with Gasteiger partial charge in [0, 0.05) is 18.2 Å². The molecular weight excluding hydrogens is 302 g/mol. The van der Waals surface area contributed by atoms with Gasteiger partial charge in [-0.3, -0.25) is 4.79 Å². The van der Waals surface area contributed by atoms with Gasteiger partial charge in [-0.15, -0.1) is 0 Å². The van der Waals surface area contributed by atoms with Crippen molar-refractivity contribution in [2.75, 3.05) is 11.4 Å². The molecule has 1 amide bonds. The molecule has 0 N–H and O–H groups in total. The van der Waals surface area contributed by atoms with Gasteiger partial charge < -0.3 is 4.90 Å². The molecule has 1 aliphatic heterocycles. The summed E-state index contributed by atoms with van der Waals surface area (Å²) < 4.78 is 37.0. The van der Waals surface area contributed by atoms with Crippen molar-refractivity contribution in [1.82, 2.24) is 0 Å². The minimum absolute atomic E-state index is 0.193. The van der Waals surface area contributed by atoms with E-state index < -0.39 is 24.4 Å². The standard InChI is InChI=1S/C12H10Cl2F3NO/c13-9-2-1-8(5-10(9)14)18-4-3-7(11(18)19)6-12(15,16)17/h1-2,5,7H,3-4,6H2/t7-/m0/s1. The minimum atomic E-state index is -4.33. The van der Waals surface area contributed by atoms with Gasteiger partial charge in [-0.25, -0.2) is 0 Å². The molecule has 1 fully saturated rings. The van der Waals surface area contributed by atoms with Gasteiger partial charge in [-0.1, -0.05) is 23.2 Å². The zero-order valence-electron chi connectivity index (χ0n) is 9.68. The Labute approximate surface area is 118 Å². The first-order valence-electron chi connectivity index (χ1n) is 5.61. The quantitative estimate of drug-likeness (QED) is 0.797. The highest BCUT2D eigenvalue weighted by molar-refractivity contribution is 6.42. The number of amides is 1. The van der Waals surface area contributed by atoms with Crippen LogP contribution in [0.15, 0.2) is 18.2 Å². The summed E-state index contributed by atoms with van der Waals surface area (Å²) in [5, 5.41) is 0.607. The zero-order chi connectivity index (χ0) is 14.2. The summed E-state index contributed by atoms with van der Waals surface area (Å²) in [6.45, 7) is 0.261. The first kappa shape index (κ1) is 14.5. The van der Waals surface area contributed by atoms with E-state index in [-0.39, 0.29) is 18.0 Å². The van der Waals surface area contributed by atoms with Crippen LogP contribution in [0.1, 0.15) is 12.8 Å². The molecule has 1 aromatic rings. The Bertz CT molecular complexity index is 504. The molecule has 7 heteroatoms. The van der Waals surface area contributed by atoms with E-state index in [0.29, 0.717) is 10.7 Å². The summed E-state index contributed by atoms with van der Waals surface area (Å²) in [7, 11) is 0. The first-order valence-corrected chi connectivity index (χ1v) is 6.37. The van der Waals surface area contributed by atoms with Crippen LogP contribution in [0.4, 0.5) is 18.9 Å². The van der Waals surface area contributed by atoms with Crippen LogP contribution in [0.3, 0.4) is 0 Å². The van der Waals surface area contributed by atoms with E-state index in [1.54, 1.807) is 6.07 Å². The highest BCUT2D eigenvalue weighted by Gasteiger charge is 2.40. The number of carbonyl (C=O) groups is 1. The predicted octanol–water partition coefficient (Wildman–Crippen LogP) is 4.30. The minimum Gasteiger partial charge on any atom is -0.312 e. The molecule has 104 valence electrons. The molecule has 1 aromatic carbocycles. The molecule has 1 saturated heterocycles. The molecule has 2 rings (SSSR count). The number of hydrogen-bond donors (Lipinski definition) is 0. The van der Waals surface area contributed by atoms with Crippen molar-refractivity contribution in [3.8, 4) is 0 Å². The van der Waals surface area contributed by atoms with E-state index in [4.69, 9.17) is 23.2 Å². The summed E-state index contributed by atoms with van der Waals surface area (Å²) in [5.74, 6) is -1.52. The molecule has 19 heavy (non-hydrogen) atoms. The SMILES string of the molecule is O=C1[C@H](CC(F)(F)F)CCN1c1ccc(Cl)c(Cl)c1. The average molecular weight is 312 g/mol. The Morgan fingerprint density at radius 2 is 1.95 bits per heavy atom. The van der Waals surface area contributed by atoms with Crippen LogP contribution < -0.4 is 4.90 Å². The van der Waals surface area contributed by atoms with Gasteiger partial charge in [-0.05, 0) is 24.6 Å². The number of benzene rings is 1. The van der Waals surface area contributed by atoms with Gasteiger partial charge >= 0.3 is 6.18 Å². The molecule has 0 aliphatic carbocycles. The van der Waals surface area contributed by atoms with E-state index in [2.05, 4.69) is 0 Å². The third kappa shape index (κ3) is 3.34. The number of alkyl halides is 3. The third-order valence-corrected chi connectivity index (χ3v) is 3.75. The Morgan fingerprint density at radius 3 is 2.53 bits per heavy atom. The monoisotopic (exact) mass is 311 g/mol. The van der Waals surface area contributed by atoms with Crippen molar-refractivity contribution in [2.45, 2.75) is 19.0 Å². The normalized spacial score (nSPS) is 20.2. The first-order chi connectivity index (χ1) is 8.78. The highest BCUT2D eigenvalue weighted by Crippen LogP contribution is 2.35. The molecule has 0 radical (unpaired) electrons. The Kier molecular flexibility index (Phi) is 3.97. The molecule has 0 saturated carbocycles. The van der Waals surface area contributed by atoms with Crippen LogP contribution in [-0.2, 0) is 4.79 Å². The fourth-order valence-electron chi connectivity index (χ4n) is 2.12. The van der Waals surface area contributed by atoms with Gasteiger partial charge in [0.25, 0.3) is 0 Å². The van der Waals surface area contributed by atoms with Gasteiger partial charge in [0.15, 0.2) is 0 Å². The summed E-state index contributed by atoms with van der Waals surface area (Å²) in [6.07, 6.45) is -5.21. The van der Waals surface area contributed by atoms with Crippen LogP contribution in [0.25, 0.3) is 0 Å².